The molecule has 0 spiro atoms. The summed E-state index contributed by atoms with van der Waals surface area (Å²) in [5.74, 6) is 0. The summed E-state index contributed by atoms with van der Waals surface area (Å²) in [6, 6.07) is 3.50. The van der Waals surface area contributed by atoms with Gasteiger partial charge in [0.1, 0.15) is 0 Å². The molecular formula is C9H14N4O. The lowest BCUT2D eigenvalue weighted by atomic mass is 10.3. The summed E-state index contributed by atoms with van der Waals surface area (Å²) < 4.78 is 0. The van der Waals surface area contributed by atoms with Gasteiger partial charge in [-0.15, -0.1) is 0 Å². The molecule has 0 aliphatic rings. The van der Waals surface area contributed by atoms with E-state index in [9.17, 15) is 4.79 Å². The molecule has 4 N–H and O–H groups in total. The lowest BCUT2D eigenvalue weighted by molar-refractivity contribution is 0.241. The number of hydrogen-bond acceptors (Lipinski definition) is 3. The highest BCUT2D eigenvalue weighted by Crippen LogP contribution is 1.93. The van der Waals surface area contributed by atoms with Crippen molar-refractivity contribution in [2.45, 2.75) is 6.54 Å². The van der Waals surface area contributed by atoms with Gasteiger partial charge in [0.15, 0.2) is 0 Å². The van der Waals surface area contributed by atoms with Crippen molar-refractivity contribution < 1.29 is 4.79 Å². The molecule has 1 rings (SSSR count). The molecule has 0 aromatic carbocycles. The summed E-state index contributed by atoms with van der Waals surface area (Å²) in [6.07, 6.45) is 3.38. The molecule has 0 aliphatic carbocycles. The van der Waals surface area contributed by atoms with Crippen LogP contribution in [0.25, 0.3) is 0 Å². The number of amides is 2. The van der Waals surface area contributed by atoms with Crippen LogP contribution in [0.4, 0.5) is 4.79 Å². The Labute approximate surface area is 82.7 Å². The van der Waals surface area contributed by atoms with Gasteiger partial charge in [-0.2, -0.15) is 0 Å². The number of rotatable bonds is 4. The van der Waals surface area contributed by atoms with Crippen molar-refractivity contribution in [2.24, 2.45) is 5.73 Å². The molecule has 14 heavy (non-hydrogen) atoms. The molecule has 0 saturated heterocycles. The number of hydrogen-bond donors (Lipinski definition) is 3. The number of nitrogens with zero attached hydrogens (tertiary/aromatic N) is 1. The molecule has 2 amide bonds. The highest BCUT2D eigenvalue weighted by Gasteiger charge is 1.97. The molecular weight excluding hydrogens is 180 g/mol. The quantitative estimate of drug-likeness (QED) is 0.623. The van der Waals surface area contributed by atoms with Crippen LogP contribution in [0, 0.1) is 0 Å². The van der Waals surface area contributed by atoms with E-state index in [0.29, 0.717) is 19.6 Å². The van der Waals surface area contributed by atoms with E-state index in [-0.39, 0.29) is 6.03 Å². The van der Waals surface area contributed by atoms with Gasteiger partial charge in [-0.05, 0) is 17.7 Å². The first-order chi connectivity index (χ1) is 6.83. The molecule has 0 fully saturated rings. The Hall–Kier alpha value is -1.62. The average Bonchev–Trinajstić information content (AvgIpc) is 2.25. The maximum absolute atomic E-state index is 11.1. The van der Waals surface area contributed by atoms with Crippen LogP contribution in [0.1, 0.15) is 5.56 Å². The van der Waals surface area contributed by atoms with Crippen molar-refractivity contribution in [3.8, 4) is 0 Å². The Balaban J connectivity index is 2.24. The Morgan fingerprint density at radius 1 is 1.36 bits per heavy atom. The van der Waals surface area contributed by atoms with Gasteiger partial charge in [-0.1, -0.05) is 0 Å². The highest BCUT2D eigenvalue weighted by atomic mass is 16.2. The Morgan fingerprint density at radius 3 is 2.71 bits per heavy atom. The van der Waals surface area contributed by atoms with Crippen molar-refractivity contribution in [3.63, 3.8) is 0 Å². The molecule has 76 valence electrons. The second-order valence-electron chi connectivity index (χ2n) is 2.75. The molecule has 1 heterocycles. The minimum Gasteiger partial charge on any atom is -0.337 e. The third-order valence-electron chi connectivity index (χ3n) is 1.63. The molecule has 0 saturated carbocycles. The average molecular weight is 194 g/mol. The lowest BCUT2D eigenvalue weighted by Gasteiger charge is -2.05. The van der Waals surface area contributed by atoms with Gasteiger partial charge in [0.2, 0.25) is 0 Å². The molecule has 0 atom stereocenters. The summed E-state index contributed by atoms with van der Waals surface area (Å²) in [7, 11) is 0. The second-order valence-corrected chi connectivity index (χ2v) is 2.75. The second kappa shape index (κ2) is 5.93. The zero-order chi connectivity index (χ0) is 10.2. The van der Waals surface area contributed by atoms with Crippen molar-refractivity contribution in [1.82, 2.24) is 15.6 Å². The van der Waals surface area contributed by atoms with Gasteiger partial charge >= 0.3 is 6.03 Å². The summed E-state index contributed by atoms with van der Waals surface area (Å²) in [6.45, 7) is 1.43. The summed E-state index contributed by atoms with van der Waals surface area (Å²) in [4.78, 5) is 15.0. The van der Waals surface area contributed by atoms with Crippen LogP contribution < -0.4 is 16.4 Å². The molecule has 0 radical (unpaired) electrons. The number of pyridine rings is 1. The first kappa shape index (κ1) is 10.5. The van der Waals surface area contributed by atoms with Gasteiger partial charge < -0.3 is 16.4 Å². The number of carbonyl (C=O) groups is 1. The van der Waals surface area contributed by atoms with Crippen molar-refractivity contribution in [1.29, 1.82) is 0 Å². The van der Waals surface area contributed by atoms with Crippen LogP contribution in [-0.2, 0) is 6.54 Å². The Kier molecular flexibility index (Phi) is 4.43. The van der Waals surface area contributed by atoms with E-state index in [1.807, 2.05) is 12.1 Å². The Bertz CT molecular complexity index is 275. The van der Waals surface area contributed by atoms with Gasteiger partial charge in [0, 0.05) is 32.0 Å². The minimum atomic E-state index is -0.202. The largest absolute Gasteiger partial charge is 0.337 e. The first-order valence-electron chi connectivity index (χ1n) is 4.43. The number of carbonyl (C=O) groups excluding carboxylic acids is 1. The van der Waals surface area contributed by atoms with Crippen molar-refractivity contribution in [2.75, 3.05) is 13.1 Å². The summed E-state index contributed by atoms with van der Waals surface area (Å²) in [5, 5.41) is 5.31. The fourth-order valence-electron chi connectivity index (χ4n) is 0.931. The van der Waals surface area contributed by atoms with Gasteiger partial charge in [0.05, 0.1) is 0 Å². The fraction of sp³-hybridized carbons (Fsp3) is 0.333. The van der Waals surface area contributed by atoms with E-state index in [1.165, 1.54) is 0 Å². The van der Waals surface area contributed by atoms with E-state index >= 15 is 0 Å². The normalized spacial score (nSPS) is 9.50. The maximum atomic E-state index is 11.1. The monoisotopic (exact) mass is 194 g/mol. The predicted molar refractivity (Wildman–Crippen MR) is 53.5 cm³/mol. The van der Waals surface area contributed by atoms with E-state index in [2.05, 4.69) is 15.6 Å². The van der Waals surface area contributed by atoms with Crippen molar-refractivity contribution >= 4 is 6.03 Å². The Morgan fingerprint density at radius 2 is 2.07 bits per heavy atom. The van der Waals surface area contributed by atoms with Gasteiger partial charge in [-0.25, -0.2) is 4.79 Å². The van der Waals surface area contributed by atoms with Crippen LogP contribution >= 0.6 is 0 Å². The number of nitrogens with one attached hydrogen (secondary N) is 2. The third-order valence-corrected chi connectivity index (χ3v) is 1.63. The molecule has 0 aliphatic heterocycles. The lowest BCUT2D eigenvalue weighted by Crippen LogP contribution is -2.37. The maximum Gasteiger partial charge on any atom is 0.315 e. The van der Waals surface area contributed by atoms with E-state index in [0.717, 1.165) is 5.56 Å². The minimum absolute atomic E-state index is 0.202. The van der Waals surface area contributed by atoms with E-state index < -0.39 is 0 Å². The van der Waals surface area contributed by atoms with E-state index in [4.69, 9.17) is 5.73 Å². The van der Waals surface area contributed by atoms with Crippen LogP contribution in [0.15, 0.2) is 24.5 Å². The standard InChI is InChI=1S/C9H14N4O/c10-3-6-12-9(14)13-7-8-1-4-11-5-2-8/h1-2,4-5H,3,6-7,10H2,(H2,12,13,14). The van der Waals surface area contributed by atoms with Crippen molar-refractivity contribution in [3.05, 3.63) is 30.1 Å². The molecule has 1 aromatic rings. The number of urea groups is 1. The van der Waals surface area contributed by atoms with Gasteiger partial charge in [-0.3, -0.25) is 4.98 Å². The zero-order valence-corrected chi connectivity index (χ0v) is 7.86. The molecule has 0 bridgehead atoms. The number of aromatic nitrogens is 1. The van der Waals surface area contributed by atoms with E-state index in [1.54, 1.807) is 12.4 Å². The molecule has 0 unspecified atom stereocenters. The molecule has 1 aromatic heterocycles. The van der Waals surface area contributed by atoms with Gasteiger partial charge in [0.25, 0.3) is 0 Å². The van der Waals surface area contributed by atoms with Crippen LogP contribution in [-0.4, -0.2) is 24.1 Å². The fourth-order valence-corrected chi connectivity index (χ4v) is 0.931. The zero-order valence-electron chi connectivity index (χ0n) is 7.86. The highest BCUT2D eigenvalue weighted by molar-refractivity contribution is 5.73. The van der Waals surface area contributed by atoms with Crippen LogP contribution in [0.2, 0.25) is 0 Å². The third kappa shape index (κ3) is 3.86. The van der Waals surface area contributed by atoms with Crippen LogP contribution in [0.5, 0.6) is 0 Å². The summed E-state index contributed by atoms with van der Waals surface area (Å²) >= 11 is 0. The number of nitrogens with two attached hydrogens (primary N) is 1. The SMILES string of the molecule is NCCNC(=O)NCc1ccncc1. The summed E-state index contributed by atoms with van der Waals surface area (Å²) in [5.41, 5.74) is 6.25. The molecule has 5 nitrogen and oxygen atoms in total. The predicted octanol–water partition coefficient (Wildman–Crippen LogP) is -0.160. The smallest absolute Gasteiger partial charge is 0.315 e. The topological polar surface area (TPSA) is 80.0 Å². The molecule has 5 heteroatoms. The van der Waals surface area contributed by atoms with Crippen LogP contribution in [0.3, 0.4) is 0 Å². The first-order valence-corrected chi connectivity index (χ1v) is 4.43.